The standard InChI is InChI=1S/C18H15ClFN5O4S/c1-9-12(19)3-4-14-17(9)30(28,29)25(18(27)24-14)8-15(26)23-10(2)16-13(20)5-11(6-21)7-22-16/h3-5,7,10H,8H2,1-2H3,(H,23,26)(H,24,27)/t10-/m0/s1. The number of amides is 3. The normalized spacial score (nSPS) is 15.6. The topological polar surface area (TPSA) is 132 Å². The van der Waals surface area contributed by atoms with Crippen molar-refractivity contribution >= 4 is 39.2 Å². The quantitative estimate of drug-likeness (QED) is 0.733. The summed E-state index contributed by atoms with van der Waals surface area (Å²) in [5.74, 6) is -1.65. The van der Waals surface area contributed by atoms with Gasteiger partial charge in [0, 0.05) is 11.2 Å². The fraction of sp³-hybridized carbons (Fsp3) is 0.222. The van der Waals surface area contributed by atoms with Gasteiger partial charge in [0.15, 0.2) is 0 Å². The van der Waals surface area contributed by atoms with Crippen molar-refractivity contribution in [1.29, 1.82) is 5.26 Å². The Morgan fingerprint density at radius 3 is 2.80 bits per heavy atom. The molecule has 156 valence electrons. The van der Waals surface area contributed by atoms with Crippen molar-refractivity contribution in [1.82, 2.24) is 14.6 Å². The molecule has 0 aliphatic carbocycles. The van der Waals surface area contributed by atoms with E-state index >= 15 is 0 Å². The molecule has 12 heteroatoms. The van der Waals surface area contributed by atoms with Crippen LogP contribution in [0, 0.1) is 24.1 Å². The zero-order valence-corrected chi connectivity index (χ0v) is 17.3. The summed E-state index contributed by atoms with van der Waals surface area (Å²) in [6.07, 6.45) is 1.15. The van der Waals surface area contributed by atoms with Crippen LogP contribution in [0.15, 0.2) is 29.3 Å². The van der Waals surface area contributed by atoms with E-state index in [0.717, 1.165) is 12.3 Å². The molecule has 1 atom stereocenters. The summed E-state index contributed by atoms with van der Waals surface area (Å²) >= 11 is 6.00. The molecule has 0 saturated heterocycles. The lowest BCUT2D eigenvalue weighted by Gasteiger charge is -2.29. The van der Waals surface area contributed by atoms with E-state index in [0.29, 0.717) is 4.31 Å². The highest BCUT2D eigenvalue weighted by Crippen LogP contribution is 2.35. The van der Waals surface area contributed by atoms with E-state index in [2.05, 4.69) is 15.6 Å². The van der Waals surface area contributed by atoms with Crippen molar-refractivity contribution in [3.05, 3.63) is 52.1 Å². The highest BCUT2D eigenvalue weighted by atomic mass is 35.5. The Balaban J connectivity index is 1.82. The third-order valence-corrected chi connectivity index (χ3v) is 6.76. The van der Waals surface area contributed by atoms with Gasteiger partial charge in [0.2, 0.25) is 5.91 Å². The molecule has 0 spiro atoms. The molecule has 2 N–H and O–H groups in total. The maximum Gasteiger partial charge on any atom is 0.336 e. The molecule has 3 amide bonds. The molecule has 1 aromatic carbocycles. The molecule has 2 aromatic rings. The van der Waals surface area contributed by atoms with E-state index < -0.39 is 40.4 Å². The van der Waals surface area contributed by atoms with Crippen molar-refractivity contribution in [3.63, 3.8) is 0 Å². The Bertz CT molecular complexity index is 1210. The largest absolute Gasteiger partial charge is 0.346 e. The number of carbonyl (C=O) groups excluding carboxylic acids is 2. The predicted octanol–water partition coefficient (Wildman–Crippen LogP) is 2.47. The molecule has 0 fully saturated rings. The van der Waals surface area contributed by atoms with Crippen molar-refractivity contribution in [2.24, 2.45) is 0 Å². The average Bonchev–Trinajstić information content (AvgIpc) is 2.67. The molecule has 1 aliphatic rings. The van der Waals surface area contributed by atoms with Crippen molar-refractivity contribution < 1.29 is 22.4 Å². The van der Waals surface area contributed by atoms with E-state index in [1.54, 1.807) is 6.07 Å². The average molecular weight is 452 g/mol. The second kappa shape index (κ2) is 7.89. The molecule has 2 heterocycles. The highest BCUT2D eigenvalue weighted by molar-refractivity contribution is 7.90. The minimum Gasteiger partial charge on any atom is -0.346 e. The fourth-order valence-corrected chi connectivity index (χ4v) is 4.85. The number of anilines is 1. The number of sulfonamides is 1. The van der Waals surface area contributed by atoms with Crippen LogP contribution in [0.2, 0.25) is 5.02 Å². The van der Waals surface area contributed by atoms with Gasteiger partial charge >= 0.3 is 6.03 Å². The Morgan fingerprint density at radius 1 is 1.47 bits per heavy atom. The van der Waals surface area contributed by atoms with Gasteiger partial charge < -0.3 is 10.6 Å². The number of fused-ring (bicyclic) bond motifs is 1. The minimum atomic E-state index is -4.35. The summed E-state index contributed by atoms with van der Waals surface area (Å²) in [6, 6.07) is 3.58. The van der Waals surface area contributed by atoms with Crippen LogP contribution >= 0.6 is 11.6 Å². The molecule has 0 saturated carbocycles. The fourth-order valence-electron chi connectivity index (χ4n) is 2.97. The lowest BCUT2D eigenvalue weighted by atomic mass is 10.1. The second-order valence-corrected chi connectivity index (χ2v) is 8.69. The minimum absolute atomic E-state index is 0.0125. The number of rotatable bonds is 4. The summed E-state index contributed by atoms with van der Waals surface area (Å²) in [4.78, 5) is 28.3. The first kappa shape index (κ1) is 21.5. The molecule has 9 nitrogen and oxygen atoms in total. The molecule has 0 bridgehead atoms. The first-order valence-electron chi connectivity index (χ1n) is 8.54. The lowest BCUT2D eigenvalue weighted by molar-refractivity contribution is -0.121. The SMILES string of the molecule is Cc1c(Cl)ccc2c1S(=O)(=O)N(CC(=O)N[C@@H](C)c1ncc(C#N)cc1F)C(=O)N2. The van der Waals surface area contributed by atoms with E-state index in [1.165, 1.54) is 26.0 Å². The van der Waals surface area contributed by atoms with Gasteiger partial charge in [-0.1, -0.05) is 11.6 Å². The number of nitriles is 1. The van der Waals surface area contributed by atoms with Gasteiger partial charge in [-0.15, -0.1) is 0 Å². The van der Waals surface area contributed by atoms with E-state index in [4.69, 9.17) is 16.9 Å². The Morgan fingerprint density at radius 2 is 2.17 bits per heavy atom. The molecule has 30 heavy (non-hydrogen) atoms. The summed E-state index contributed by atoms with van der Waals surface area (Å²) in [6.45, 7) is 2.08. The van der Waals surface area contributed by atoms with Gasteiger partial charge in [-0.05, 0) is 37.6 Å². The summed E-state index contributed by atoms with van der Waals surface area (Å²) in [5.41, 5.74) is 0.174. The molecule has 0 unspecified atom stereocenters. The maximum atomic E-state index is 14.1. The molecular weight excluding hydrogens is 437 g/mol. The second-order valence-electron chi connectivity index (χ2n) is 6.48. The van der Waals surface area contributed by atoms with Gasteiger partial charge in [-0.25, -0.2) is 21.9 Å². The monoisotopic (exact) mass is 451 g/mol. The van der Waals surface area contributed by atoms with Crippen LogP contribution in [0.3, 0.4) is 0 Å². The maximum absolute atomic E-state index is 14.1. The van der Waals surface area contributed by atoms with Crippen LogP contribution in [0.5, 0.6) is 0 Å². The smallest absolute Gasteiger partial charge is 0.336 e. The van der Waals surface area contributed by atoms with Crippen molar-refractivity contribution in [2.45, 2.75) is 24.8 Å². The Hall–Kier alpha value is -3.23. The Labute approximate surface area is 176 Å². The van der Waals surface area contributed by atoms with Crippen molar-refractivity contribution in [2.75, 3.05) is 11.9 Å². The van der Waals surface area contributed by atoms with Gasteiger partial charge in [-0.2, -0.15) is 5.26 Å². The van der Waals surface area contributed by atoms with Crippen LogP contribution in [0.1, 0.15) is 29.8 Å². The first-order valence-corrected chi connectivity index (χ1v) is 10.4. The molecular formula is C18H15ClFN5O4S. The number of urea groups is 1. The number of benzene rings is 1. The van der Waals surface area contributed by atoms with Crippen molar-refractivity contribution in [3.8, 4) is 6.07 Å². The van der Waals surface area contributed by atoms with Crippen LogP contribution in [0.25, 0.3) is 0 Å². The summed E-state index contributed by atoms with van der Waals surface area (Å²) < 4.78 is 40.3. The zero-order valence-electron chi connectivity index (χ0n) is 15.7. The van der Waals surface area contributed by atoms with Crippen LogP contribution < -0.4 is 10.6 Å². The van der Waals surface area contributed by atoms with Gasteiger partial charge in [0.25, 0.3) is 10.0 Å². The molecule has 3 rings (SSSR count). The number of halogens is 2. The molecule has 1 aromatic heterocycles. The molecule has 1 aliphatic heterocycles. The predicted molar refractivity (Wildman–Crippen MR) is 105 cm³/mol. The van der Waals surface area contributed by atoms with Gasteiger partial charge in [0.1, 0.15) is 23.3 Å². The Kier molecular flexibility index (Phi) is 5.65. The van der Waals surface area contributed by atoms with Gasteiger partial charge in [0.05, 0.1) is 23.0 Å². The highest BCUT2D eigenvalue weighted by Gasteiger charge is 2.39. The zero-order chi connectivity index (χ0) is 22.2. The number of nitrogens with zero attached hydrogens (tertiary/aromatic N) is 3. The number of aromatic nitrogens is 1. The number of hydrogen-bond donors (Lipinski definition) is 2. The van der Waals surface area contributed by atoms with E-state index in [-0.39, 0.29) is 32.4 Å². The first-order chi connectivity index (χ1) is 14.1. The number of hydrogen-bond acceptors (Lipinski definition) is 6. The number of carbonyl (C=O) groups is 2. The number of pyridine rings is 1. The third-order valence-electron chi connectivity index (χ3n) is 4.43. The summed E-state index contributed by atoms with van der Waals surface area (Å²) in [7, 11) is -4.35. The third kappa shape index (κ3) is 3.79. The van der Waals surface area contributed by atoms with Gasteiger partial charge in [-0.3, -0.25) is 9.78 Å². The molecule has 0 radical (unpaired) electrons. The summed E-state index contributed by atoms with van der Waals surface area (Å²) in [5, 5.41) is 13.8. The van der Waals surface area contributed by atoms with E-state index in [9.17, 15) is 22.4 Å². The lowest BCUT2D eigenvalue weighted by Crippen LogP contribution is -2.49. The van der Waals surface area contributed by atoms with Crippen LogP contribution in [-0.4, -0.2) is 36.2 Å². The van der Waals surface area contributed by atoms with Crippen LogP contribution in [0.4, 0.5) is 14.9 Å². The van der Waals surface area contributed by atoms with E-state index in [1.807, 2.05) is 0 Å². The van der Waals surface area contributed by atoms with Crippen LogP contribution in [-0.2, 0) is 14.8 Å². The number of nitrogens with one attached hydrogen (secondary N) is 2.